The lowest BCUT2D eigenvalue weighted by molar-refractivity contribution is 0.101. The minimum atomic E-state index is -3.82. The molecule has 1 saturated heterocycles. The first-order valence-electron chi connectivity index (χ1n) is 12.5. The van der Waals surface area contributed by atoms with Crippen molar-refractivity contribution in [2.45, 2.75) is 37.5 Å². The van der Waals surface area contributed by atoms with E-state index in [9.17, 15) is 18.0 Å². The third-order valence-corrected chi connectivity index (χ3v) is 8.58. The van der Waals surface area contributed by atoms with Gasteiger partial charge >= 0.3 is 0 Å². The number of nitrogens with zero attached hydrogens (tertiary/aromatic N) is 1. The second kappa shape index (κ2) is 12.4. The third kappa shape index (κ3) is 6.72. The zero-order valence-corrected chi connectivity index (χ0v) is 22.6. The van der Waals surface area contributed by atoms with Gasteiger partial charge < -0.3 is 15.4 Å². The average Bonchev–Trinajstić information content (AvgIpc) is 3.21. The molecule has 0 aromatic heterocycles. The van der Waals surface area contributed by atoms with E-state index in [0.29, 0.717) is 36.6 Å². The van der Waals surface area contributed by atoms with Crippen LogP contribution < -0.4 is 15.4 Å². The van der Waals surface area contributed by atoms with Crippen LogP contribution in [0.5, 0.6) is 5.75 Å². The van der Waals surface area contributed by atoms with Crippen LogP contribution in [0.25, 0.3) is 0 Å². The van der Waals surface area contributed by atoms with E-state index in [2.05, 4.69) is 10.6 Å². The van der Waals surface area contributed by atoms with E-state index in [1.165, 1.54) is 22.5 Å². The van der Waals surface area contributed by atoms with Crippen LogP contribution in [0, 0.1) is 0 Å². The second-order valence-corrected chi connectivity index (χ2v) is 11.2. The van der Waals surface area contributed by atoms with Crippen molar-refractivity contribution in [2.24, 2.45) is 0 Å². The van der Waals surface area contributed by atoms with E-state index in [-0.39, 0.29) is 21.4 Å². The Bertz CT molecular complexity index is 1380. The van der Waals surface area contributed by atoms with Gasteiger partial charge in [-0.3, -0.25) is 9.59 Å². The third-order valence-electron chi connectivity index (χ3n) is 6.20. The molecule has 8 nitrogen and oxygen atoms in total. The van der Waals surface area contributed by atoms with Crippen LogP contribution >= 0.6 is 11.6 Å². The summed E-state index contributed by atoms with van der Waals surface area (Å²) in [7, 11) is -3.82. The number of halogens is 1. The lowest BCUT2D eigenvalue weighted by atomic mass is 10.1. The van der Waals surface area contributed by atoms with Crippen LogP contribution in [0.15, 0.2) is 71.6 Å². The predicted molar refractivity (Wildman–Crippen MR) is 149 cm³/mol. The molecule has 0 aliphatic carbocycles. The molecule has 1 heterocycles. The van der Waals surface area contributed by atoms with Crippen molar-refractivity contribution in [1.82, 2.24) is 4.31 Å². The first-order valence-corrected chi connectivity index (χ1v) is 14.3. The fourth-order valence-electron chi connectivity index (χ4n) is 4.18. The average molecular weight is 556 g/mol. The number of amides is 2. The smallest absolute Gasteiger partial charge is 0.255 e. The summed E-state index contributed by atoms with van der Waals surface area (Å²) in [5, 5.41) is 5.64. The maximum absolute atomic E-state index is 13.2. The van der Waals surface area contributed by atoms with E-state index in [1.807, 2.05) is 6.92 Å². The number of carbonyl (C=O) groups excluding carboxylic acids is 2. The van der Waals surface area contributed by atoms with Crippen LogP contribution in [0.1, 0.15) is 53.3 Å². The standard InChI is InChI=1S/C28H30ClN3O5S/c1-2-37-24-14-12-23(13-15-24)30-27(33)20-7-10-22(11-8-20)31-28(34)21-9-16-25(29)26(19-21)38(35,36)32-17-5-3-4-6-18-32/h7-16,19H,2-6,17-18H2,1H3,(H,30,33)(H,31,34). The fraction of sp³-hybridized carbons (Fsp3) is 0.286. The highest BCUT2D eigenvalue weighted by molar-refractivity contribution is 7.89. The Labute approximate surface area is 228 Å². The number of hydrogen-bond acceptors (Lipinski definition) is 5. The molecule has 3 aromatic carbocycles. The zero-order chi connectivity index (χ0) is 27.1. The minimum absolute atomic E-state index is 0.0741. The Balaban J connectivity index is 1.42. The molecule has 0 atom stereocenters. The Hall–Kier alpha value is -3.40. The van der Waals surface area contributed by atoms with Gasteiger partial charge in [0.2, 0.25) is 10.0 Å². The number of benzene rings is 3. The molecule has 0 unspecified atom stereocenters. The second-order valence-electron chi connectivity index (χ2n) is 8.91. The maximum Gasteiger partial charge on any atom is 0.255 e. The van der Waals surface area contributed by atoms with Crippen molar-refractivity contribution in [1.29, 1.82) is 0 Å². The van der Waals surface area contributed by atoms with Crippen molar-refractivity contribution in [3.05, 3.63) is 82.9 Å². The number of rotatable bonds is 8. The number of nitrogens with one attached hydrogen (secondary N) is 2. The predicted octanol–water partition coefficient (Wildman–Crippen LogP) is 5.81. The molecule has 2 amide bonds. The largest absolute Gasteiger partial charge is 0.494 e. The Morgan fingerprint density at radius 1 is 0.816 bits per heavy atom. The first kappa shape index (κ1) is 27.6. The number of hydrogen-bond donors (Lipinski definition) is 2. The summed E-state index contributed by atoms with van der Waals surface area (Å²) in [6.45, 7) is 3.34. The maximum atomic E-state index is 13.2. The molecular formula is C28H30ClN3O5S. The first-order chi connectivity index (χ1) is 18.3. The number of sulfonamides is 1. The summed E-state index contributed by atoms with van der Waals surface area (Å²) in [5.74, 6) is -0.0633. The van der Waals surface area contributed by atoms with Gasteiger partial charge in [-0.05, 0) is 86.5 Å². The van der Waals surface area contributed by atoms with E-state index in [1.54, 1.807) is 48.5 Å². The summed E-state index contributed by atoms with van der Waals surface area (Å²) in [6, 6.07) is 17.7. The summed E-state index contributed by atoms with van der Waals surface area (Å²) < 4.78 is 33.3. The van der Waals surface area contributed by atoms with Gasteiger partial charge in [-0.25, -0.2) is 8.42 Å². The van der Waals surface area contributed by atoms with Gasteiger partial charge in [-0.1, -0.05) is 24.4 Å². The summed E-state index contributed by atoms with van der Waals surface area (Å²) in [4.78, 5) is 25.4. The normalized spacial score (nSPS) is 14.4. The van der Waals surface area contributed by atoms with Crippen LogP contribution in [-0.4, -0.2) is 44.2 Å². The van der Waals surface area contributed by atoms with E-state index in [0.717, 1.165) is 31.4 Å². The molecule has 38 heavy (non-hydrogen) atoms. The molecule has 1 aliphatic rings. The van der Waals surface area contributed by atoms with Crippen molar-refractivity contribution in [3.8, 4) is 5.75 Å². The lowest BCUT2D eigenvalue weighted by Gasteiger charge is -2.21. The van der Waals surface area contributed by atoms with Crippen LogP contribution in [0.2, 0.25) is 5.02 Å². The van der Waals surface area contributed by atoms with Gasteiger partial charge in [0.25, 0.3) is 11.8 Å². The molecule has 2 N–H and O–H groups in total. The van der Waals surface area contributed by atoms with Crippen LogP contribution in [0.4, 0.5) is 11.4 Å². The molecule has 3 aromatic rings. The zero-order valence-electron chi connectivity index (χ0n) is 21.1. The molecule has 0 bridgehead atoms. The molecule has 4 rings (SSSR count). The van der Waals surface area contributed by atoms with Crippen molar-refractivity contribution >= 4 is 44.8 Å². The number of anilines is 2. The summed E-state index contributed by atoms with van der Waals surface area (Å²) >= 11 is 6.25. The summed E-state index contributed by atoms with van der Waals surface area (Å²) in [5.41, 5.74) is 1.67. The molecule has 1 aliphatic heterocycles. The molecule has 1 fully saturated rings. The van der Waals surface area contributed by atoms with Gasteiger partial charge in [0.05, 0.1) is 11.6 Å². The molecule has 0 radical (unpaired) electrons. The fourth-order valence-corrected chi connectivity index (χ4v) is 6.19. The molecule has 0 saturated carbocycles. The van der Waals surface area contributed by atoms with E-state index >= 15 is 0 Å². The van der Waals surface area contributed by atoms with Crippen LogP contribution in [-0.2, 0) is 10.0 Å². The molecule has 0 spiro atoms. The Morgan fingerprint density at radius 2 is 1.34 bits per heavy atom. The minimum Gasteiger partial charge on any atom is -0.494 e. The van der Waals surface area contributed by atoms with Crippen molar-refractivity contribution in [2.75, 3.05) is 30.3 Å². The molecule has 200 valence electrons. The molecule has 10 heteroatoms. The highest BCUT2D eigenvalue weighted by Gasteiger charge is 2.28. The van der Waals surface area contributed by atoms with Gasteiger partial charge in [-0.2, -0.15) is 4.31 Å². The highest BCUT2D eigenvalue weighted by atomic mass is 35.5. The Morgan fingerprint density at radius 3 is 1.92 bits per heavy atom. The van der Waals surface area contributed by atoms with Gasteiger partial charge in [0, 0.05) is 35.6 Å². The number of carbonyl (C=O) groups is 2. The van der Waals surface area contributed by atoms with Gasteiger partial charge in [-0.15, -0.1) is 0 Å². The molecular weight excluding hydrogens is 526 g/mol. The van der Waals surface area contributed by atoms with Gasteiger partial charge in [0.1, 0.15) is 10.6 Å². The Kier molecular flexibility index (Phi) is 9.04. The quantitative estimate of drug-likeness (QED) is 0.365. The van der Waals surface area contributed by atoms with Crippen molar-refractivity contribution in [3.63, 3.8) is 0 Å². The number of ether oxygens (including phenoxy) is 1. The van der Waals surface area contributed by atoms with E-state index < -0.39 is 15.9 Å². The van der Waals surface area contributed by atoms with E-state index in [4.69, 9.17) is 16.3 Å². The highest BCUT2D eigenvalue weighted by Crippen LogP contribution is 2.28. The van der Waals surface area contributed by atoms with Crippen molar-refractivity contribution < 1.29 is 22.7 Å². The van der Waals surface area contributed by atoms with Crippen LogP contribution in [0.3, 0.4) is 0 Å². The summed E-state index contributed by atoms with van der Waals surface area (Å²) in [6.07, 6.45) is 3.57. The lowest BCUT2D eigenvalue weighted by Crippen LogP contribution is -2.32. The monoisotopic (exact) mass is 555 g/mol. The SMILES string of the molecule is CCOc1ccc(NC(=O)c2ccc(NC(=O)c3ccc(Cl)c(S(=O)(=O)N4CCCCCC4)c3)cc2)cc1. The van der Waals surface area contributed by atoms with Gasteiger partial charge in [0.15, 0.2) is 0 Å². The topological polar surface area (TPSA) is 105 Å².